The summed E-state index contributed by atoms with van der Waals surface area (Å²) in [6.07, 6.45) is 6.28. The van der Waals surface area contributed by atoms with Crippen molar-refractivity contribution < 1.29 is 4.74 Å². The van der Waals surface area contributed by atoms with Crippen molar-refractivity contribution in [2.45, 2.75) is 51.1 Å². The zero-order valence-corrected chi connectivity index (χ0v) is 14.0. The molecule has 21 heavy (non-hydrogen) atoms. The van der Waals surface area contributed by atoms with E-state index in [1.54, 1.807) is 7.11 Å². The Kier molecular flexibility index (Phi) is 6.07. The highest BCUT2D eigenvalue weighted by atomic mass is 16.5. The quantitative estimate of drug-likeness (QED) is 0.779. The van der Waals surface area contributed by atoms with Crippen LogP contribution >= 0.6 is 0 Å². The smallest absolute Gasteiger partial charge is 0.119 e. The average molecular weight is 290 g/mol. The van der Waals surface area contributed by atoms with Crippen LogP contribution < -0.4 is 10.1 Å². The van der Waals surface area contributed by atoms with Gasteiger partial charge in [-0.1, -0.05) is 25.8 Å². The van der Waals surface area contributed by atoms with Crippen LogP contribution in [0, 0.1) is 0 Å². The Labute approximate surface area is 129 Å². The molecule has 0 saturated carbocycles. The summed E-state index contributed by atoms with van der Waals surface area (Å²) in [6.45, 7) is 3.46. The summed E-state index contributed by atoms with van der Waals surface area (Å²) < 4.78 is 5.36. The van der Waals surface area contributed by atoms with Gasteiger partial charge in [0.05, 0.1) is 7.11 Å². The molecule has 3 nitrogen and oxygen atoms in total. The lowest BCUT2D eigenvalue weighted by Gasteiger charge is -2.39. The predicted molar refractivity (Wildman–Crippen MR) is 89.1 cm³/mol. The molecule has 2 unspecified atom stereocenters. The molecule has 1 aliphatic carbocycles. The maximum absolute atomic E-state index is 5.36. The molecule has 0 bridgehead atoms. The van der Waals surface area contributed by atoms with E-state index in [2.05, 4.69) is 49.4 Å². The van der Waals surface area contributed by atoms with E-state index >= 15 is 0 Å². The van der Waals surface area contributed by atoms with Crippen LogP contribution in [0.5, 0.6) is 5.75 Å². The first-order valence-corrected chi connectivity index (χ1v) is 8.25. The second-order valence-corrected chi connectivity index (χ2v) is 6.12. The lowest BCUT2D eigenvalue weighted by atomic mass is 9.83. The van der Waals surface area contributed by atoms with Crippen LogP contribution in [0.1, 0.15) is 49.8 Å². The van der Waals surface area contributed by atoms with E-state index in [9.17, 15) is 0 Å². The van der Waals surface area contributed by atoms with Crippen molar-refractivity contribution in [3.05, 3.63) is 29.3 Å². The first kappa shape index (κ1) is 16.3. The molecular weight excluding hydrogens is 260 g/mol. The van der Waals surface area contributed by atoms with Crippen molar-refractivity contribution >= 4 is 0 Å². The zero-order chi connectivity index (χ0) is 15.2. The number of nitrogens with one attached hydrogen (secondary N) is 1. The first-order chi connectivity index (χ1) is 10.2. The molecule has 3 heteroatoms. The third-order valence-corrected chi connectivity index (χ3v) is 4.77. The molecule has 1 aromatic rings. The van der Waals surface area contributed by atoms with Crippen molar-refractivity contribution in [3.63, 3.8) is 0 Å². The Morgan fingerprint density at radius 1 is 1.33 bits per heavy atom. The fourth-order valence-electron chi connectivity index (χ4n) is 3.51. The summed E-state index contributed by atoms with van der Waals surface area (Å²) >= 11 is 0. The molecule has 118 valence electrons. The highest BCUT2D eigenvalue weighted by molar-refractivity contribution is 5.40. The van der Waals surface area contributed by atoms with Crippen LogP contribution in [0.2, 0.25) is 0 Å². The van der Waals surface area contributed by atoms with Gasteiger partial charge in [0.15, 0.2) is 0 Å². The van der Waals surface area contributed by atoms with Crippen LogP contribution in [-0.4, -0.2) is 38.7 Å². The van der Waals surface area contributed by atoms with E-state index in [4.69, 9.17) is 4.74 Å². The van der Waals surface area contributed by atoms with Gasteiger partial charge in [-0.05, 0) is 63.2 Å². The van der Waals surface area contributed by atoms with E-state index in [1.165, 1.54) is 43.4 Å². The molecule has 0 spiro atoms. The molecule has 0 amide bonds. The number of benzene rings is 1. The van der Waals surface area contributed by atoms with E-state index < -0.39 is 0 Å². The SMILES string of the molecule is CCCCCN(C)C1CCc2cc(OC)ccc2C1NC. The minimum absolute atomic E-state index is 0.422. The van der Waals surface area contributed by atoms with Gasteiger partial charge in [-0.2, -0.15) is 0 Å². The van der Waals surface area contributed by atoms with Crippen molar-refractivity contribution in [1.29, 1.82) is 0 Å². The Bertz CT molecular complexity index is 447. The van der Waals surface area contributed by atoms with Crippen LogP contribution in [0.4, 0.5) is 0 Å². The molecule has 0 aromatic heterocycles. The third kappa shape index (κ3) is 3.78. The number of methoxy groups -OCH3 is 1. The van der Waals surface area contributed by atoms with Gasteiger partial charge in [0.2, 0.25) is 0 Å². The van der Waals surface area contributed by atoms with Crippen LogP contribution in [-0.2, 0) is 6.42 Å². The van der Waals surface area contributed by atoms with Crippen LogP contribution in [0.3, 0.4) is 0 Å². The number of hydrogen-bond acceptors (Lipinski definition) is 3. The predicted octanol–water partition coefficient (Wildman–Crippen LogP) is 3.39. The second-order valence-electron chi connectivity index (χ2n) is 6.12. The number of aryl methyl sites for hydroxylation is 1. The van der Waals surface area contributed by atoms with Gasteiger partial charge < -0.3 is 15.0 Å². The normalized spacial score (nSPS) is 21.4. The van der Waals surface area contributed by atoms with Crippen LogP contribution in [0.25, 0.3) is 0 Å². The van der Waals surface area contributed by atoms with Crippen molar-refractivity contribution in [2.75, 3.05) is 27.7 Å². The Hall–Kier alpha value is -1.06. The fourth-order valence-corrected chi connectivity index (χ4v) is 3.51. The Morgan fingerprint density at radius 2 is 2.14 bits per heavy atom. The number of nitrogens with zero attached hydrogens (tertiary/aromatic N) is 1. The highest BCUT2D eigenvalue weighted by Gasteiger charge is 2.31. The summed E-state index contributed by atoms with van der Waals surface area (Å²) in [5, 5.41) is 3.54. The largest absolute Gasteiger partial charge is 0.497 e. The molecule has 2 atom stereocenters. The van der Waals surface area contributed by atoms with Gasteiger partial charge in [0.1, 0.15) is 5.75 Å². The average Bonchev–Trinajstić information content (AvgIpc) is 2.53. The molecule has 1 aliphatic rings. The van der Waals surface area contributed by atoms with Gasteiger partial charge in [0.25, 0.3) is 0 Å². The van der Waals surface area contributed by atoms with Crippen LogP contribution in [0.15, 0.2) is 18.2 Å². The summed E-state index contributed by atoms with van der Waals surface area (Å²) in [5.74, 6) is 0.971. The third-order valence-electron chi connectivity index (χ3n) is 4.77. The number of hydrogen-bond donors (Lipinski definition) is 1. The standard InChI is InChI=1S/C18H30N2O/c1-5-6-7-12-20(3)17-11-8-14-13-15(21-4)9-10-16(14)18(17)19-2/h9-10,13,17-19H,5-8,11-12H2,1-4H3. The Morgan fingerprint density at radius 3 is 2.81 bits per heavy atom. The number of unbranched alkanes of at least 4 members (excludes halogenated alkanes) is 2. The van der Waals surface area contributed by atoms with Gasteiger partial charge in [-0.3, -0.25) is 0 Å². The van der Waals surface area contributed by atoms with Crippen molar-refractivity contribution in [1.82, 2.24) is 10.2 Å². The molecule has 0 radical (unpaired) electrons. The van der Waals surface area contributed by atoms with E-state index in [-0.39, 0.29) is 0 Å². The highest BCUT2D eigenvalue weighted by Crippen LogP contribution is 2.34. The molecule has 1 aromatic carbocycles. The number of ether oxygens (including phenoxy) is 1. The number of likely N-dealkylation sites (N-methyl/N-ethyl adjacent to an activating group) is 2. The summed E-state index contributed by atoms with van der Waals surface area (Å²) in [4.78, 5) is 2.55. The molecule has 0 saturated heterocycles. The summed E-state index contributed by atoms with van der Waals surface area (Å²) in [7, 11) is 6.10. The minimum Gasteiger partial charge on any atom is -0.497 e. The topological polar surface area (TPSA) is 24.5 Å². The summed E-state index contributed by atoms with van der Waals surface area (Å²) in [5.41, 5.74) is 2.88. The van der Waals surface area contributed by atoms with Crippen molar-refractivity contribution in [3.8, 4) is 5.75 Å². The Balaban J connectivity index is 2.11. The second kappa shape index (κ2) is 7.81. The zero-order valence-electron chi connectivity index (χ0n) is 14.0. The lowest BCUT2D eigenvalue weighted by molar-refractivity contribution is 0.174. The molecule has 1 N–H and O–H groups in total. The number of rotatable bonds is 7. The molecule has 0 aliphatic heterocycles. The molecule has 2 rings (SSSR count). The monoisotopic (exact) mass is 290 g/mol. The molecular formula is C18H30N2O. The van der Waals surface area contributed by atoms with Gasteiger partial charge >= 0.3 is 0 Å². The van der Waals surface area contributed by atoms with Gasteiger partial charge in [-0.25, -0.2) is 0 Å². The first-order valence-electron chi connectivity index (χ1n) is 8.25. The summed E-state index contributed by atoms with van der Waals surface area (Å²) in [6, 6.07) is 7.54. The maximum Gasteiger partial charge on any atom is 0.119 e. The van der Waals surface area contributed by atoms with E-state index in [0.717, 1.165) is 12.2 Å². The number of fused-ring (bicyclic) bond motifs is 1. The lowest BCUT2D eigenvalue weighted by Crippen LogP contribution is -2.45. The maximum atomic E-state index is 5.36. The van der Waals surface area contributed by atoms with Gasteiger partial charge in [0, 0.05) is 12.1 Å². The minimum atomic E-state index is 0.422. The fraction of sp³-hybridized carbons (Fsp3) is 0.667. The van der Waals surface area contributed by atoms with Crippen molar-refractivity contribution in [2.24, 2.45) is 0 Å². The van der Waals surface area contributed by atoms with Gasteiger partial charge in [-0.15, -0.1) is 0 Å². The molecule has 0 heterocycles. The van der Waals surface area contributed by atoms with E-state index in [1.807, 2.05) is 0 Å². The molecule has 0 fully saturated rings. The van der Waals surface area contributed by atoms with E-state index in [0.29, 0.717) is 12.1 Å².